The lowest BCUT2D eigenvalue weighted by atomic mass is 9.96. The van der Waals surface area contributed by atoms with Crippen LogP contribution in [0.25, 0.3) is 0 Å². The number of halogens is 1. The summed E-state index contributed by atoms with van der Waals surface area (Å²) < 4.78 is 13.6. The van der Waals surface area contributed by atoms with E-state index >= 15 is 0 Å². The first-order valence-corrected chi connectivity index (χ1v) is 6.88. The highest BCUT2D eigenvalue weighted by atomic mass is 19.1. The summed E-state index contributed by atoms with van der Waals surface area (Å²) in [7, 11) is 0. The summed E-state index contributed by atoms with van der Waals surface area (Å²) in [6.07, 6.45) is 5.72. The number of hydrogen-bond acceptors (Lipinski definition) is 2. The van der Waals surface area contributed by atoms with Gasteiger partial charge < -0.3 is 10.4 Å². The molecule has 1 aromatic carbocycles. The minimum absolute atomic E-state index is 0.224. The number of hydrogen-bond donors (Lipinski definition) is 2. The van der Waals surface area contributed by atoms with Gasteiger partial charge in [-0.25, -0.2) is 9.18 Å². The fourth-order valence-electron chi connectivity index (χ4n) is 2.77. The van der Waals surface area contributed by atoms with Crippen LogP contribution in [0.2, 0.25) is 0 Å². The molecular formula is C15H20FNO2. The fraction of sp³-hybridized carbons (Fsp3) is 0.533. The molecule has 3 nitrogen and oxygen atoms in total. The van der Waals surface area contributed by atoms with E-state index in [0.717, 1.165) is 19.3 Å². The highest BCUT2D eigenvalue weighted by Gasteiger charge is 2.23. The third-order valence-corrected chi connectivity index (χ3v) is 3.93. The van der Waals surface area contributed by atoms with Crippen LogP contribution in [0, 0.1) is 11.7 Å². The van der Waals surface area contributed by atoms with Crippen LogP contribution in [-0.4, -0.2) is 17.1 Å². The zero-order chi connectivity index (χ0) is 13.8. The van der Waals surface area contributed by atoms with Gasteiger partial charge in [0, 0.05) is 6.04 Å². The molecule has 0 heterocycles. The van der Waals surface area contributed by atoms with Crippen molar-refractivity contribution in [1.82, 2.24) is 0 Å². The van der Waals surface area contributed by atoms with Crippen LogP contribution in [0.15, 0.2) is 18.2 Å². The van der Waals surface area contributed by atoms with Crippen LogP contribution in [0.3, 0.4) is 0 Å². The highest BCUT2D eigenvalue weighted by Crippen LogP contribution is 2.28. The van der Waals surface area contributed by atoms with E-state index in [9.17, 15) is 9.18 Å². The Kier molecular flexibility index (Phi) is 4.40. The average Bonchev–Trinajstić information content (AvgIpc) is 2.54. The topological polar surface area (TPSA) is 49.3 Å². The molecular weight excluding hydrogens is 245 g/mol. The molecule has 0 radical (unpaired) electrons. The lowest BCUT2D eigenvalue weighted by molar-refractivity contribution is 0.0693. The van der Waals surface area contributed by atoms with Crippen molar-refractivity contribution in [3.8, 4) is 0 Å². The van der Waals surface area contributed by atoms with Crippen LogP contribution in [-0.2, 0) is 0 Å². The van der Waals surface area contributed by atoms with E-state index in [1.54, 1.807) is 12.1 Å². The number of aromatic carboxylic acids is 1. The summed E-state index contributed by atoms with van der Waals surface area (Å²) in [5.74, 6) is -1.42. The molecule has 0 amide bonds. The van der Waals surface area contributed by atoms with Gasteiger partial charge in [-0.05, 0) is 30.9 Å². The third kappa shape index (κ3) is 3.25. The monoisotopic (exact) mass is 265 g/mol. The van der Waals surface area contributed by atoms with E-state index in [2.05, 4.69) is 12.2 Å². The average molecular weight is 265 g/mol. The maximum atomic E-state index is 13.6. The highest BCUT2D eigenvalue weighted by molar-refractivity contribution is 5.94. The predicted molar refractivity (Wildman–Crippen MR) is 73.0 cm³/mol. The second-order valence-corrected chi connectivity index (χ2v) is 5.33. The molecule has 4 heteroatoms. The molecule has 0 aromatic heterocycles. The lowest BCUT2D eigenvalue weighted by Crippen LogP contribution is -2.27. The van der Waals surface area contributed by atoms with E-state index in [1.807, 2.05) is 0 Å². The number of benzene rings is 1. The molecule has 1 aliphatic rings. The third-order valence-electron chi connectivity index (χ3n) is 3.93. The van der Waals surface area contributed by atoms with Crippen molar-refractivity contribution < 1.29 is 14.3 Å². The van der Waals surface area contributed by atoms with E-state index in [-0.39, 0.29) is 11.6 Å². The minimum atomic E-state index is -1.22. The van der Waals surface area contributed by atoms with Crippen molar-refractivity contribution in [2.24, 2.45) is 5.92 Å². The molecule has 1 fully saturated rings. The standard InChI is InChI=1S/C15H20FNO2/c1-10-6-3-2-4-8-12(10)17-13-9-5-7-11(16)14(13)15(18)19/h5,7,9-10,12,17H,2-4,6,8H2,1H3,(H,18,19). The normalized spacial score (nSPS) is 23.7. The van der Waals surface area contributed by atoms with Gasteiger partial charge in [0.25, 0.3) is 0 Å². The van der Waals surface area contributed by atoms with Crippen molar-refractivity contribution in [3.05, 3.63) is 29.6 Å². The molecule has 1 aromatic rings. The molecule has 1 aliphatic carbocycles. The Balaban J connectivity index is 2.22. The van der Waals surface area contributed by atoms with Gasteiger partial charge in [-0.15, -0.1) is 0 Å². The molecule has 0 saturated heterocycles. The smallest absolute Gasteiger partial charge is 0.340 e. The Labute approximate surface area is 112 Å². The maximum Gasteiger partial charge on any atom is 0.340 e. The number of nitrogens with one attached hydrogen (secondary N) is 1. The molecule has 1 saturated carbocycles. The Morgan fingerprint density at radius 1 is 1.32 bits per heavy atom. The van der Waals surface area contributed by atoms with Gasteiger partial charge in [0.15, 0.2) is 0 Å². The number of anilines is 1. The number of carbonyl (C=O) groups is 1. The van der Waals surface area contributed by atoms with Crippen molar-refractivity contribution in [1.29, 1.82) is 0 Å². The summed E-state index contributed by atoms with van der Waals surface area (Å²) in [6, 6.07) is 4.60. The maximum absolute atomic E-state index is 13.6. The predicted octanol–water partition coefficient (Wildman–Crippen LogP) is 3.90. The van der Waals surface area contributed by atoms with Gasteiger partial charge in [-0.2, -0.15) is 0 Å². The Hall–Kier alpha value is -1.58. The van der Waals surface area contributed by atoms with Gasteiger partial charge in [-0.3, -0.25) is 0 Å². The van der Waals surface area contributed by atoms with E-state index in [0.29, 0.717) is 11.6 Å². The summed E-state index contributed by atoms with van der Waals surface area (Å²) >= 11 is 0. The van der Waals surface area contributed by atoms with E-state index < -0.39 is 11.8 Å². The van der Waals surface area contributed by atoms with Crippen LogP contribution in [0.4, 0.5) is 10.1 Å². The Bertz CT molecular complexity index is 461. The molecule has 2 N–H and O–H groups in total. The summed E-state index contributed by atoms with van der Waals surface area (Å²) in [4.78, 5) is 11.2. The molecule has 0 aliphatic heterocycles. The van der Waals surface area contributed by atoms with Crippen molar-refractivity contribution >= 4 is 11.7 Å². The number of rotatable bonds is 3. The fourth-order valence-corrected chi connectivity index (χ4v) is 2.77. The number of carboxylic acids is 1. The van der Waals surface area contributed by atoms with E-state index in [4.69, 9.17) is 5.11 Å². The molecule has 0 spiro atoms. The van der Waals surface area contributed by atoms with Gasteiger partial charge in [-0.1, -0.05) is 32.3 Å². The zero-order valence-corrected chi connectivity index (χ0v) is 11.2. The first-order chi connectivity index (χ1) is 9.09. The van der Waals surface area contributed by atoms with Gasteiger partial charge in [0.1, 0.15) is 11.4 Å². The molecule has 2 unspecified atom stereocenters. The largest absolute Gasteiger partial charge is 0.478 e. The quantitative estimate of drug-likeness (QED) is 0.815. The minimum Gasteiger partial charge on any atom is -0.478 e. The van der Waals surface area contributed by atoms with Crippen molar-refractivity contribution in [2.75, 3.05) is 5.32 Å². The molecule has 2 rings (SSSR count). The Morgan fingerprint density at radius 2 is 2.05 bits per heavy atom. The van der Waals surface area contributed by atoms with Crippen molar-refractivity contribution in [2.45, 2.75) is 45.1 Å². The lowest BCUT2D eigenvalue weighted by Gasteiger charge is -2.24. The molecule has 104 valence electrons. The zero-order valence-electron chi connectivity index (χ0n) is 11.2. The van der Waals surface area contributed by atoms with Crippen molar-refractivity contribution in [3.63, 3.8) is 0 Å². The summed E-state index contributed by atoms with van der Waals surface area (Å²) in [5.41, 5.74) is 0.144. The summed E-state index contributed by atoms with van der Waals surface area (Å²) in [6.45, 7) is 2.17. The second kappa shape index (κ2) is 6.04. The molecule has 19 heavy (non-hydrogen) atoms. The first-order valence-electron chi connectivity index (χ1n) is 6.88. The van der Waals surface area contributed by atoms with E-state index in [1.165, 1.54) is 18.9 Å². The molecule has 2 atom stereocenters. The van der Waals surface area contributed by atoms with Crippen LogP contribution >= 0.6 is 0 Å². The summed E-state index contributed by atoms with van der Waals surface area (Å²) in [5, 5.41) is 12.4. The van der Waals surface area contributed by atoms with Crippen LogP contribution in [0.5, 0.6) is 0 Å². The van der Waals surface area contributed by atoms with Gasteiger partial charge in [0.05, 0.1) is 5.69 Å². The molecule has 0 bridgehead atoms. The first kappa shape index (κ1) is 13.8. The van der Waals surface area contributed by atoms with Gasteiger partial charge >= 0.3 is 5.97 Å². The van der Waals surface area contributed by atoms with Crippen LogP contribution in [0.1, 0.15) is 49.4 Å². The van der Waals surface area contributed by atoms with Gasteiger partial charge in [0.2, 0.25) is 0 Å². The SMILES string of the molecule is CC1CCCCCC1Nc1cccc(F)c1C(=O)O. The Morgan fingerprint density at radius 3 is 2.79 bits per heavy atom. The number of carboxylic acid groups (broad SMARTS) is 1. The van der Waals surface area contributed by atoms with Crippen LogP contribution < -0.4 is 5.32 Å². The second-order valence-electron chi connectivity index (χ2n) is 5.33.